The highest BCUT2D eigenvalue weighted by Crippen LogP contribution is 2.24. The van der Waals surface area contributed by atoms with Crippen LogP contribution in [0, 0.1) is 6.92 Å². The van der Waals surface area contributed by atoms with E-state index in [0.29, 0.717) is 22.6 Å². The Hall–Kier alpha value is -2.47. The molecule has 0 aliphatic rings. The van der Waals surface area contributed by atoms with Crippen molar-refractivity contribution in [2.24, 2.45) is 19.8 Å². The first kappa shape index (κ1) is 14.5. The molecule has 6 heteroatoms. The second-order valence-corrected chi connectivity index (χ2v) is 5.70. The van der Waals surface area contributed by atoms with Crippen LogP contribution in [0.3, 0.4) is 0 Å². The maximum atomic E-state index is 12.7. The summed E-state index contributed by atoms with van der Waals surface area (Å²) in [5.74, 6) is 1.19. The molecule has 2 N–H and O–H groups in total. The van der Waals surface area contributed by atoms with E-state index in [-0.39, 0.29) is 11.6 Å². The maximum absolute atomic E-state index is 12.7. The van der Waals surface area contributed by atoms with E-state index in [9.17, 15) is 4.79 Å². The largest absolute Gasteiger partial charge is 0.331 e. The zero-order chi connectivity index (χ0) is 16.0. The number of fused-ring (bicyclic) bond motifs is 1. The van der Waals surface area contributed by atoms with Gasteiger partial charge < -0.3 is 10.3 Å². The van der Waals surface area contributed by atoms with Crippen molar-refractivity contribution in [1.82, 2.24) is 19.1 Å². The third kappa shape index (κ3) is 2.12. The average Bonchev–Trinajstić information content (AvgIpc) is 2.88. The van der Waals surface area contributed by atoms with E-state index in [4.69, 9.17) is 10.7 Å². The van der Waals surface area contributed by atoms with Crippen molar-refractivity contribution in [3.8, 4) is 11.6 Å². The summed E-state index contributed by atoms with van der Waals surface area (Å²) in [6.45, 7) is 3.85. The minimum atomic E-state index is -0.198. The Bertz CT molecular complexity index is 920. The van der Waals surface area contributed by atoms with E-state index in [1.54, 1.807) is 13.2 Å². The number of nitrogens with two attached hydrogens (primary N) is 1. The average molecular weight is 297 g/mol. The molecule has 1 unspecified atom stereocenters. The highest BCUT2D eigenvalue weighted by atomic mass is 16.1. The van der Waals surface area contributed by atoms with Gasteiger partial charge in [0.2, 0.25) is 0 Å². The Labute approximate surface area is 128 Å². The third-order valence-electron chi connectivity index (χ3n) is 3.87. The standard InChI is InChI=1S/C16H19N5O/c1-9-7-11(10(2)17)13-12(8-9)16(22)21(4)15(19-13)14-18-5-6-20(14)3/h5-8,10H,17H2,1-4H3. The first-order valence-corrected chi connectivity index (χ1v) is 7.14. The molecule has 0 spiro atoms. The van der Waals surface area contributed by atoms with Gasteiger partial charge in [-0.05, 0) is 31.0 Å². The molecular formula is C16H19N5O. The lowest BCUT2D eigenvalue weighted by atomic mass is 10.0. The van der Waals surface area contributed by atoms with Gasteiger partial charge in [0.05, 0.1) is 10.9 Å². The molecule has 1 atom stereocenters. The van der Waals surface area contributed by atoms with Crippen molar-refractivity contribution < 1.29 is 0 Å². The Morgan fingerprint density at radius 3 is 2.55 bits per heavy atom. The van der Waals surface area contributed by atoms with Crippen LogP contribution >= 0.6 is 0 Å². The second kappa shape index (κ2) is 5.06. The quantitative estimate of drug-likeness (QED) is 0.780. The van der Waals surface area contributed by atoms with Crippen LogP contribution in [0.1, 0.15) is 24.1 Å². The van der Waals surface area contributed by atoms with E-state index in [2.05, 4.69) is 4.98 Å². The summed E-state index contributed by atoms with van der Waals surface area (Å²) < 4.78 is 3.38. The first-order chi connectivity index (χ1) is 10.4. The molecule has 1 aromatic carbocycles. The highest BCUT2D eigenvalue weighted by Gasteiger charge is 2.17. The normalized spacial score (nSPS) is 12.8. The minimum absolute atomic E-state index is 0.0893. The molecule has 22 heavy (non-hydrogen) atoms. The smallest absolute Gasteiger partial charge is 0.261 e. The third-order valence-corrected chi connectivity index (χ3v) is 3.87. The fourth-order valence-electron chi connectivity index (χ4n) is 2.68. The van der Waals surface area contributed by atoms with E-state index < -0.39 is 0 Å². The Morgan fingerprint density at radius 1 is 1.23 bits per heavy atom. The molecule has 114 valence electrons. The number of rotatable bonds is 2. The first-order valence-electron chi connectivity index (χ1n) is 7.14. The Balaban J connectivity index is 2.46. The van der Waals surface area contributed by atoms with Gasteiger partial charge in [-0.2, -0.15) is 0 Å². The summed E-state index contributed by atoms with van der Waals surface area (Å²) in [4.78, 5) is 21.7. The van der Waals surface area contributed by atoms with Crippen LogP contribution in [0.15, 0.2) is 29.3 Å². The molecule has 6 nitrogen and oxygen atoms in total. The van der Waals surface area contributed by atoms with E-state index in [0.717, 1.165) is 11.1 Å². The minimum Gasteiger partial charge on any atom is -0.331 e. The summed E-state index contributed by atoms with van der Waals surface area (Å²) in [5, 5.41) is 0.591. The fourth-order valence-corrected chi connectivity index (χ4v) is 2.68. The number of aromatic nitrogens is 4. The predicted octanol–water partition coefficient (Wildman–Crippen LogP) is 1.66. The zero-order valence-corrected chi connectivity index (χ0v) is 13.2. The molecule has 0 radical (unpaired) electrons. The molecule has 0 aliphatic heterocycles. The number of hydrogen-bond donors (Lipinski definition) is 1. The van der Waals surface area contributed by atoms with Gasteiger partial charge in [-0.1, -0.05) is 6.07 Å². The van der Waals surface area contributed by atoms with Crippen molar-refractivity contribution in [1.29, 1.82) is 0 Å². The van der Waals surface area contributed by atoms with Crippen molar-refractivity contribution in [3.63, 3.8) is 0 Å². The molecule has 3 rings (SSSR count). The number of benzene rings is 1. The van der Waals surface area contributed by atoms with Crippen molar-refractivity contribution in [2.75, 3.05) is 0 Å². The van der Waals surface area contributed by atoms with Crippen LogP contribution in [-0.2, 0) is 14.1 Å². The van der Waals surface area contributed by atoms with Crippen molar-refractivity contribution >= 4 is 10.9 Å². The lowest BCUT2D eigenvalue weighted by molar-refractivity contribution is 0.802. The molecular weight excluding hydrogens is 278 g/mol. The van der Waals surface area contributed by atoms with Crippen LogP contribution in [0.4, 0.5) is 0 Å². The van der Waals surface area contributed by atoms with Crippen LogP contribution in [0.2, 0.25) is 0 Å². The molecule has 0 amide bonds. The van der Waals surface area contributed by atoms with Gasteiger partial charge in [-0.25, -0.2) is 9.97 Å². The van der Waals surface area contributed by atoms with Gasteiger partial charge in [-0.15, -0.1) is 0 Å². The molecule has 3 aromatic rings. The lowest BCUT2D eigenvalue weighted by Crippen LogP contribution is -2.22. The van der Waals surface area contributed by atoms with E-state index in [1.807, 2.05) is 43.8 Å². The van der Waals surface area contributed by atoms with E-state index >= 15 is 0 Å². The highest BCUT2D eigenvalue weighted by molar-refractivity contribution is 5.83. The van der Waals surface area contributed by atoms with Gasteiger partial charge >= 0.3 is 0 Å². The summed E-state index contributed by atoms with van der Waals surface area (Å²) in [6.07, 6.45) is 3.51. The molecule has 0 fully saturated rings. The molecule has 0 bridgehead atoms. The molecule has 0 saturated carbocycles. The van der Waals surface area contributed by atoms with Crippen molar-refractivity contribution in [3.05, 3.63) is 46.0 Å². The van der Waals surface area contributed by atoms with Gasteiger partial charge in [0.15, 0.2) is 11.6 Å². The maximum Gasteiger partial charge on any atom is 0.261 e. The number of hydrogen-bond acceptors (Lipinski definition) is 4. The monoisotopic (exact) mass is 297 g/mol. The molecule has 0 aliphatic carbocycles. The Morgan fingerprint density at radius 2 is 1.95 bits per heavy atom. The Kier molecular flexibility index (Phi) is 3.33. The van der Waals surface area contributed by atoms with Gasteiger partial charge in [-0.3, -0.25) is 9.36 Å². The van der Waals surface area contributed by atoms with E-state index in [1.165, 1.54) is 4.57 Å². The van der Waals surface area contributed by atoms with Gasteiger partial charge in [0.25, 0.3) is 5.56 Å². The lowest BCUT2D eigenvalue weighted by Gasteiger charge is -2.14. The second-order valence-electron chi connectivity index (χ2n) is 5.70. The summed E-state index contributed by atoms with van der Waals surface area (Å²) in [7, 11) is 3.59. The van der Waals surface area contributed by atoms with Gasteiger partial charge in [0, 0.05) is 32.5 Å². The van der Waals surface area contributed by atoms with Crippen LogP contribution in [-0.4, -0.2) is 19.1 Å². The number of imidazole rings is 1. The summed E-state index contributed by atoms with van der Waals surface area (Å²) in [6, 6.07) is 3.65. The topological polar surface area (TPSA) is 78.7 Å². The van der Waals surface area contributed by atoms with Crippen LogP contribution in [0.5, 0.6) is 0 Å². The summed E-state index contributed by atoms with van der Waals surface area (Å²) in [5.41, 5.74) is 8.51. The fraction of sp³-hybridized carbons (Fsp3) is 0.312. The SMILES string of the molecule is Cc1cc(C(C)N)c2nc(-c3nccn3C)n(C)c(=O)c2c1. The van der Waals surface area contributed by atoms with Gasteiger partial charge in [0.1, 0.15) is 0 Å². The predicted molar refractivity (Wildman–Crippen MR) is 86.5 cm³/mol. The number of nitrogens with zero attached hydrogens (tertiary/aromatic N) is 4. The zero-order valence-electron chi connectivity index (χ0n) is 13.2. The molecule has 0 saturated heterocycles. The van der Waals surface area contributed by atoms with Crippen LogP contribution < -0.4 is 11.3 Å². The number of aryl methyl sites for hydroxylation is 2. The molecule has 2 aromatic heterocycles. The van der Waals surface area contributed by atoms with Crippen LogP contribution in [0.25, 0.3) is 22.6 Å². The van der Waals surface area contributed by atoms with Crippen molar-refractivity contribution in [2.45, 2.75) is 19.9 Å². The molecule has 2 heterocycles. The summed E-state index contributed by atoms with van der Waals surface area (Å²) >= 11 is 0.